The average molecular weight is 455 g/mol. The van der Waals surface area contributed by atoms with Crippen LogP contribution in [0.2, 0.25) is 10.0 Å². The summed E-state index contributed by atoms with van der Waals surface area (Å²) < 4.78 is 5.75. The Morgan fingerprint density at radius 1 is 1.03 bits per heavy atom. The van der Waals surface area contributed by atoms with Crippen LogP contribution in [0.25, 0.3) is 0 Å². The first-order valence-corrected chi connectivity index (χ1v) is 9.85. The summed E-state index contributed by atoms with van der Waals surface area (Å²) in [7, 11) is 0. The first-order valence-electron chi connectivity index (χ1n) is 9.09. The third-order valence-corrected chi connectivity index (χ3v) is 5.26. The molecular weight excluding hydrogens is 439 g/mol. The normalized spacial score (nSPS) is 11.3. The van der Waals surface area contributed by atoms with Gasteiger partial charge >= 0.3 is 5.97 Å². The van der Waals surface area contributed by atoms with Crippen LogP contribution >= 0.6 is 23.2 Å². The van der Waals surface area contributed by atoms with Crippen molar-refractivity contribution in [2.24, 2.45) is 0 Å². The molecule has 0 fully saturated rings. The van der Waals surface area contributed by atoms with E-state index >= 15 is 0 Å². The molecule has 0 radical (unpaired) electrons. The van der Waals surface area contributed by atoms with Crippen molar-refractivity contribution in [1.29, 1.82) is 5.26 Å². The highest BCUT2D eigenvalue weighted by Crippen LogP contribution is 2.29. The van der Waals surface area contributed by atoms with Gasteiger partial charge in [-0.3, -0.25) is 9.59 Å². The lowest BCUT2D eigenvalue weighted by molar-refractivity contribution is -0.138. The standard InChI is InChI=1S/C23H16Cl2N2O4/c1-13(23(29)30)14-3-9-21(16(10-14)12-26)31-18-6-4-17(5-7-18)27-22(28)15-2-8-19(24)20(25)11-15/h2-11,13H,1H3,(H,27,28)(H,29,30). The Hall–Kier alpha value is -3.53. The van der Waals surface area contributed by atoms with Gasteiger partial charge in [0.25, 0.3) is 5.91 Å². The molecule has 0 aliphatic carbocycles. The summed E-state index contributed by atoms with van der Waals surface area (Å²) in [4.78, 5) is 23.5. The molecule has 0 aliphatic rings. The highest BCUT2D eigenvalue weighted by molar-refractivity contribution is 6.42. The molecule has 0 bridgehead atoms. The van der Waals surface area contributed by atoms with Gasteiger partial charge in [0, 0.05) is 11.3 Å². The predicted molar refractivity (Wildman–Crippen MR) is 118 cm³/mol. The molecule has 0 spiro atoms. The van der Waals surface area contributed by atoms with Gasteiger partial charge in [0.2, 0.25) is 0 Å². The molecule has 1 amide bonds. The first kappa shape index (κ1) is 22.2. The van der Waals surface area contributed by atoms with E-state index in [1.165, 1.54) is 12.1 Å². The number of carbonyl (C=O) groups is 2. The van der Waals surface area contributed by atoms with Crippen LogP contribution in [0, 0.1) is 11.3 Å². The van der Waals surface area contributed by atoms with Crippen LogP contribution < -0.4 is 10.1 Å². The van der Waals surface area contributed by atoms with E-state index in [1.54, 1.807) is 55.5 Å². The summed E-state index contributed by atoms with van der Waals surface area (Å²) >= 11 is 11.8. The fourth-order valence-corrected chi connectivity index (χ4v) is 3.01. The molecule has 0 aromatic heterocycles. The van der Waals surface area contributed by atoms with Gasteiger partial charge in [0.1, 0.15) is 17.6 Å². The fourth-order valence-electron chi connectivity index (χ4n) is 2.71. The lowest BCUT2D eigenvalue weighted by atomic mass is 9.99. The number of nitrogens with zero attached hydrogens (tertiary/aromatic N) is 1. The quantitative estimate of drug-likeness (QED) is 0.468. The summed E-state index contributed by atoms with van der Waals surface area (Å²) in [5.41, 5.74) is 1.64. The number of benzene rings is 3. The monoisotopic (exact) mass is 454 g/mol. The molecule has 0 heterocycles. The maximum atomic E-state index is 12.3. The van der Waals surface area contributed by atoms with Crippen LogP contribution in [0.1, 0.15) is 34.3 Å². The molecule has 156 valence electrons. The molecule has 0 aliphatic heterocycles. The number of aliphatic carboxylic acids is 1. The van der Waals surface area contributed by atoms with Crippen molar-refractivity contribution in [2.75, 3.05) is 5.32 Å². The lowest BCUT2D eigenvalue weighted by Crippen LogP contribution is -2.11. The number of nitrogens with one attached hydrogen (secondary N) is 1. The Bertz CT molecular complexity index is 1190. The van der Waals surface area contributed by atoms with E-state index in [2.05, 4.69) is 5.32 Å². The zero-order valence-electron chi connectivity index (χ0n) is 16.2. The molecular formula is C23H16Cl2N2O4. The van der Waals surface area contributed by atoms with Crippen LogP contribution in [0.15, 0.2) is 60.7 Å². The highest BCUT2D eigenvalue weighted by atomic mass is 35.5. The Labute approximate surface area is 188 Å². The number of rotatable bonds is 6. The van der Waals surface area contributed by atoms with Crippen LogP contribution in [0.3, 0.4) is 0 Å². The smallest absolute Gasteiger partial charge is 0.310 e. The summed E-state index contributed by atoms with van der Waals surface area (Å²) in [6.45, 7) is 1.55. The van der Waals surface area contributed by atoms with Gasteiger partial charge < -0.3 is 15.2 Å². The van der Waals surface area contributed by atoms with E-state index in [0.29, 0.717) is 33.3 Å². The van der Waals surface area contributed by atoms with Gasteiger partial charge in [0.05, 0.1) is 21.5 Å². The van der Waals surface area contributed by atoms with Crippen LogP contribution in [-0.2, 0) is 4.79 Å². The third-order valence-electron chi connectivity index (χ3n) is 4.52. The molecule has 3 rings (SSSR count). The molecule has 3 aromatic carbocycles. The molecule has 8 heteroatoms. The largest absolute Gasteiger partial charge is 0.481 e. The van der Waals surface area contributed by atoms with E-state index in [9.17, 15) is 14.9 Å². The predicted octanol–water partition coefficient (Wildman–Crippen LogP) is 6.10. The van der Waals surface area contributed by atoms with Gasteiger partial charge in [-0.25, -0.2) is 0 Å². The van der Waals surface area contributed by atoms with Crippen LogP contribution in [-0.4, -0.2) is 17.0 Å². The van der Waals surface area contributed by atoms with Crippen molar-refractivity contribution in [2.45, 2.75) is 12.8 Å². The second-order valence-electron chi connectivity index (χ2n) is 6.64. The molecule has 2 N–H and O–H groups in total. The van der Waals surface area contributed by atoms with Gasteiger partial charge in [-0.2, -0.15) is 5.26 Å². The maximum absolute atomic E-state index is 12.3. The summed E-state index contributed by atoms with van der Waals surface area (Å²) in [6.07, 6.45) is 0. The van der Waals surface area contributed by atoms with Gasteiger partial charge in [-0.1, -0.05) is 29.3 Å². The lowest BCUT2D eigenvalue weighted by Gasteiger charge is -2.12. The number of halogens is 2. The van der Waals surface area contributed by atoms with Crippen molar-refractivity contribution in [3.63, 3.8) is 0 Å². The number of hydrogen-bond acceptors (Lipinski definition) is 4. The number of anilines is 1. The topological polar surface area (TPSA) is 99.4 Å². The van der Waals surface area contributed by atoms with E-state index < -0.39 is 11.9 Å². The minimum Gasteiger partial charge on any atom is -0.481 e. The number of hydrogen-bond donors (Lipinski definition) is 2. The second kappa shape index (κ2) is 9.52. The molecule has 1 atom stereocenters. The molecule has 3 aromatic rings. The second-order valence-corrected chi connectivity index (χ2v) is 7.45. The Kier molecular flexibility index (Phi) is 6.81. The first-order chi connectivity index (χ1) is 14.8. The Morgan fingerprint density at radius 3 is 2.35 bits per heavy atom. The van der Waals surface area contributed by atoms with Crippen molar-refractivity contribution in [3.8, 4) is 17.6 Å². The number of carboxylic acids is 1. The molecule has 31 heavy (non-hydrogen) atoms. The summed E-state index contributed by atoms with van der Waals surface area (Å²) in [5, 5.41) is 21.9. The SMILES string of the molecule is CC(C(=O)O)c1ccc(Oc2ccc(NC(=O)c3ccc(Cl)c(Cl)c3)cc2)c(C#N)c1. The zero-order valence-corrected chi connectivity index (χ0v) is 17.7. The molecule has 0 saturated carbocycles. The van der Waals surface area contributed by atoms with Crippen molar-refractivity contribution in [1.82, 2.24) is 0 Å². The Balaban J connectivity index is 1.72. The zero-order chi connectivity index (χ0) is 22.5. The number of nitriles is 1. The summed E-state index contributed by atoms with van der Waals surface area (Å²) in [6, 6.07) is 17.9. The maximum Gasteiger partial charge on any atom is 0.310 e. The average Bonchev–Trinajstić information content (AvgIpc) is 2.76. The van der Waals surface area contributed by atoms with Crippen LogP contribution in [0.4, 0.5) is 5.69 Å². The number of ether oxygens (including phenoxy) is 1. The van der Waals surface area contributed by atoms with E-state index in [1.807, 2.05) is 6.07 Å². The van der Waals surface area contributed by atoms with Gasteiger partial charge in [0.15, 0.2) is 0 Å². The number of carboxylic acid groups (broad SMARTS) is 1. The highest BCUT2D eigenvalue weighted by Gasteiger charge is 2.16. The van der Waals surface area contributed by atoms with Crippen LogP contribution in [0.5, 0.6) is 11.5 Å². The van der Waals surface area contributed by atoms with Gasteiger partial charge in [-0.15, -0.1) is 0 Å². The third kappa shape index (κ3) is 5.34. The van der Waals surface area contributed by atoms with E-state index in [-0.39, 0.29) is 16.5 Å². The van der Waals surface area contributed by atoms with Gasteiger partial charge in [-0.05, 0) is 67.1 Å². The van der Waals surface area contributed by atoms with Crippen molar-refractivity contribution < 1.29 is 19.4 Å². The minimum absolute atomic E-state index is 0.225. The molecule has 0 saturated heterocycles. The van der Waals surface area contributed by atoms with E-state index in [4.69, 9.17) is 33.0 Å². The molecule has 1 unspecified atom stereocenters. The molecule has 6 nitrogen and oxygen atoms in total. The number of carbonyl (C=O) groups excluding carboxylic acids is 1. The van der Waals surface area contributed by atoms with Crippen molar-refractivity contribution >= 4 is 40.8 Å². The fraction of sp³-hybridized carbons (Fsp3) is 0.0870. The number of amides is 1. The summed E-state index contributed by atoms with van der Waals surface area (Å²) in [5.74, 6) is -1.31. The van der Waals surface area contributed by atoms with E-state index in [0.717, 1.165) is 0 Å². The minimum atomic E-state index is -0.976. The van der Waals surface area contributed by atoms with Crippen molar-refractivity contribution in [3.05, 3.63) is 87.4 Å². The Morgan fingerprint density at radius 2 is 1.74 bits per heavy atom.